The van der Waals surface area contributed by atoms with E-state index >= 15 is 0 Å². The highest BCUT2D eigenvalue weighted by atomic mass is 32.1. The predicted octanol–water partition coefficient (Wildman–Crippen LogP) is 2.29. The Hall–Kier alpha value is -1.42. The quantitative estimate of drug-likeness (QED) is 0.818. The Morgan fingerprint density at radius 3 is 2.83 bits per heavy atom. The van der Waals surface area contributed by atoms with Crippen LogP contribution in [0.2, 0.25) is 0 Å². The van der Waals surface area contributed by atoms with Crippen molar-refractivity contribution >= 4 is 23.4 Å². The molecule has 4 heteroatoms. The summed E-state index contributed by atoms with van der Waals surface area (Å²) in [6, 6.07) is 3.97. The fraction of sp³-hybridized carbons (Fsp3) is 0.429. The number of rotatable bonds is 4. The molecule has 0 bridgehead atoms. The van der Waals surface area contributed by atoms with E-state index in [1.165, 1.54) is 10.9 Å². The number of benzene rings is 1. The number of amidine groups is 1. The van der Waals surface area contributed by atoms with Crippen LogP contribution in [0.25, 0.3) is 0 Å². The molecule has 0 saturated heterocycles. The summed E-state index contributed by atoms with van der Waals surface area (Å²) in [7, 11) is 0. The first kappa shape index (κ1) is 13.0. The third kappa shape index (κ3) is 2.70. The number of phenols is 1. The first-order valence-corrected chi connectivity index (χ1v) is 6.68. The standard InChI is InChI=1S/C14H18N2OS/c1-9(2)5-10-6-11(8-18)13(17)12(7-10)14-15-3-4-16-14/h6-9,17H,3-5H2,1-2H3,(H,15,16). The van der Waals surface area contributed by atoms with Gasteiger partial charge in [0.25, 0.3) is 0 Å². The fourth-order valence-electron chi connectivity index (χ4n) is 2.16. The van der Waals surface area contributed by atoms with Gasteiger partial charge in [0.05, 0.1) is 12.1 Å². The van der Waals surface area contributed by atoms with Crippen molar-refractivity contribution in [2.45, 2.75) is 20.3 Å². The summed E-state index contributed by atoms with van der Waals surface area (Å²) in [6.45, 7) is 5.94. The average molecular weight is 262 g/mol. The number of nitrogens with one attached hydrogen (secondary N) is 1. The molecule has 0 fully saturated rings. The number of hydrogen-bond donors (Lipinski definition) is 2. The molecule has 1 heterocycles. The van der Waals surface area contributed by atoms with Crippen molar-refractivity contribution in [2.24, 2.45) is 10.9 Å². The Morgan fingerprint density at radius 2 is 2.28 bits per heavy atom. The molecular weight excluding hydrogens is 244 g/mol. The maximum absolute atomic E-state index is 10.2. The summed E-state index contributed by atoms with van der Waals surface area (Å²) < 4.78 is 0. The highest BCUT2D eigenvalue weighted by molar-refractivity contribution is 7.79. The van der Waals surface area contributed by atoms with E-state index in [0.717, 1.165) is 30.9 Å². The molecule has 0 atom stereocenters. The van der Waals surface area contributed by atoms with Gasteiger partial charge in [0.2, 0.25) is 0 Å². The number of hydrogen-bond acceptors (Lipinski definition) is 4. The van der Waals surface area contributed by atoms with Gasteiger partial charge in [0, 0.05) is 17.5 Å². The Morgan fingerprint density at radius 1 is 1.50 bits per heavy atom. The van der Waals surface area contributed by atoms with Gasteiger partial charge in [-0.2, -0.15) is 0 Å². The molecule has 18 heavy (non-hydrogen) atoms. The predicted molar refractivity (Wildman–Crippen MR) is 78.8 cm³/mol. The Balaban J connectivity index is 2.46. The van der Waals surface area contributed by atoms with E-state index in [4.69, 9.17) is 12.2 Å². The normalized spacial score (nSPS) is 14.5. The lowest BCUT2D eigenvalue weighted by molar-refractivity contribution is 0.472. The van der Waals surface area contributed by atoms with E-state index in [-0.39, 0.29) is 5.75 Å². The molecule has 0 radical (unpaired) electrons. The fourth-order valence-corrected chi connectivity index (χ4v) is 2.34. The van der Waals surface area contributed by atoms with Gasteiger partial charge >= 0.3 is 0 Å². The SMILES string of the molecule is CC(C)Cc1cc(C=S)c(O)c(C2=NCCN2)c1. The van der Waals surface area contributed by atoms with Crippen molar-refractivity contribution in [1.29, 1.82) is 0 Å². The van der Waals surface area contributed by atoms with Gasteiger partial charge in [-0.3, -0.25) is 4.99 Å². The van der Waals surface area contributed by atoms with Crippen molar-refractivity contribution in [3.05, 3.63) is 28.8 Å². The van der Waals surface area contributed by atoms with Crippen LogP contribution in [0, 0.1) is 5.92 Å². The van der Waals surface area contributed by atoms with Crippen LogP contribution in [0.5, 0.6) is 5.75 Å². The van der Waals surface area contributed by atoms with Crippen molar-refractivity contribution in [3.8, 4) is 5.75 Å². The second kappa shape index (κ2) is 5.48. The molecule has 0 aliphatic carbocycles. The molecule has 1 aromatic rings. The van der Waals surface area contributed by atoms with Crippen LogP contribution in [0.1, 0.15) is 30.5 Å². The topological polar surface area (TPSA) is 44.6 Å². The number of nitrogens with zero attached hydrogens (tertiary/aromatic N) is 1. The average Bonchev–Trinajstić information content (AvgIpc) is 2.84. The summed E-state index contributed by atoms with van der Waals surface area (Å²) >= 11 is 4.97. The molecule has 96 valence electrons. The maximum Gasteiger partial charge on any atom is 0.134 e. The Labute approximate surface area is 113 Å². The first-order chi connectivity index (χ1) is 8.61. The molecule has 1 aliphatic rings. The molecule has 0 aromatic heterocycles. The van der Waals surface area contributed by atoms with Crippen molar-refractivity contribution < 1.29 is 5.11 Å². The monoisotopic (exact) mass is 262 g/mol. The van der Waals surface area contributed by atoms with Gasteiger partial charge in [0.15, 0.2) is 0 Å². The van der Waals surface area contributed by atoms with Gasteiger partial charge in [0.1, 0.15) is 11.6 Å². The van der Waals surface area contributed by atoms with Crippen molar-refractivity contribution in [3.63, 3.8) is 0 Å². The van der Waals surface area contributed by atoms with E-state index in [1.807, 2.05) is 12.1 Å². The molecule has 0 amide bonds. The second-order valence-corrected chi connectivity index (χ2v) is 5.19. The van der Waals surface area contributed by atoms with Crippen LogP contribution in [0.3, 0.4) is 0 Å². The summed E-state index contributed by atoms with van der Waals surface area (Å²) in [5.41, 5.74) is 2.65. The molecule has 2 rings (SSSR count). The van der Waals surface area contributed by atoms with Gasteiger partial charge in [-0.05, 0) is 30.0 Å². The van der Waals surface area contributed by atoms with Crippen molar-refractivity contribution in [2.75, 3.05) is 13.1 Å². The molecule has 0 spiro atoms. The molecule has 0 saturated carbocycles. The van der Waals surface area contributed by atoms with Crippen LogP contribution in [0.4, 0.5) is 0 Å². The Bertz CT molecular complexity index is 495. The molecule has 2 N–H and O–H groups in total. The highest BCUT2D eigenvalue weighted by Gasteiger charge is 2.16. The van der Waals surface area contributed by atoms with Gasteiger partial charge in [-0.1, -0.05) is 26.1 Å². The molecule has 1 aliphatic heterocycles. The zero-order valence-corrected chi connectivity index (χ0v) is 11.5. The van der Waals surface area contributed by atoms with Crippen LogP contribution in [-0.2, 0) is 6.42 Å². The summed E-state index contributed by atoms with van der Waals surface area (Å²) in [4.78, 5) is 4.36. The second-order valence-electron chi connectivity index (χ2n) is 4.95. The van der Waals surface area contributed by atoms with E-state index in [2.05, 4.69) is 24.2 Å². The third-order valence-corrected chi connectivity index (χ3v) is 3.15. The lowest BCUT2D eigenvalue weighted by Gasteiger charge is -2.12. The van der Waals surface area contributed by atoms with Crippen LogP contribution in [-0.4, -0.2) is 29.4 Å². The molecule has 0 unspecified atom stereocenters. The number of aliphatic imine (C=N–C) groups is 1. The van der Waals surface area contributed by atoms with Gasteiger partial charge in [-0.15, -0.1) is 0 Å². The van der Waals surface area contributed by atoms with E-state index < -0.39 is 0 Å². The zero-order valence-electron chi connectivity index (χ0n) is 10.7. The first-order valence-electron chi connectivity index (χ1n) is 6.21. The minimum Gasteiger partial charge on any atom is -0.507 e. The maximum atomic E-state index is 10.2. The lowest BCUT2D eigenvalue weighted by Crippen LogP contribution is -2.20. The molecular formula is C14H18N2OS. The number of thiocarbonyl (C=S) groups is 1. The number of phenolic OH excluding ortho intramolecular Hbond substituents is 1. The van der Waals surface area contributed by atoms with E-state index in [1.54, 1.807) is 0 Å². The third-order valence-electron chi connectivity index (χ3n) is 2.90. The smallest absolute Gasteiger partial charge is 0.134 e. The highest BCUT2D eigenvalue weighted by Crippen LogP contribution is 2.26. The zero-order chi connectivity index (χ0) is 13.1. The van der Waals surface area contributed by atoms with Crippen LogP contribution >= 0.6 is 12.2 Å². The van der Waals surface area contributed by atoms with Crippen LogP contribution < -0.4 is 5.32 Å². The van der Waals surface area contributed by atoms with Gasteiger partial charge in [-0.25, -0.2) is 0 Å². The molecule has 3 nitrogen and oxygen atoms in total. The van der Waals surface area contributed by atoms with Crippen molar-refractivity contribution in [1.82, 2.24) is 5.32 Å². The minimum atomic E-state index is 0.227. The molecule has 1 aromatic carbocycles. The number of aromatic hydroxyl groups is 1. The lowest BCUT2D eigenvalue weighted by atomic mass is 9.97. The van der Waals surface area contributed by atoms with Gasteiger partial charge < -0.3 is 10.4 Å². The largest absolute Gasteiger partial charge is 0.507 e. The van der Waals surface area contributed by atoms with Crippen LogP contribution in [0.15, 0.2) is 17.1 Å². The van der Waals surface area contributed by atoms with E-state index in [0.29, 0.717) is 11.5 Å². The Kier molecular flexibility index (Phi) is 3.97. The summed E-state index contributed by atoms with van der Waals surface area (Å²) in [5, 5.41) is 14.9. The minimum absolute atomic E-state index is 0.227. The summed E-state index contributed by atoms with van der Waals surface area (Å²) in [5.74, 6) is 1.57. The van der Waals surface area contributed by atoms with E-state index in [9.17, 15) is 5.11 Å². The summed E-state index contributed by atoms with van der Waals surface area (Å²) in [6.07, 6.45) is 0.969.